The number of ether oxygens (including phenoxy) is 1. The zero-order valence-electron chi connectivity index (χ0n) is 8.12. The minimum atomic E-state index is 0.810. The summed E-state index contributed by atoms with van der Waals surface area (Å²) in [5.74, 6) is 0.810. The van der Waals surface area contributed by atoms with Crippen molar-refractivity contribution < 1.29 is 4.74 Å². The van der Waals surface area contributed by atoms with Crippen LogP contribution in [0.1, 0.15) is 6.92 Å². The minimum Gasteiger partial charge on any atom is -0.495 e. The molecule has 0 unspecified atom stereocenters. The van der Waals surface area contributed by atoms with Gasteiger partial charge in [0.05, 0.1) is 13.3 Å². The molecule has 74 valence electrons. The predicted octanol–water partition coefficient (Wildman–Crippen LogP) is 2.67. The van der Waals surface area contributed by atoms with Gasteiger partial charge >= 0.3 is 0 Å². The lowest BCUT2D eigenvalue weighted by Gasteiger charge is -2.01. The third-order valence-corrected chi connectivity index (χ3v) is 3.08. The first-order valence-corrected chi connectivity index (χ1v) is 5.52. The van der Waals surface area contributed by atoms with Gasteiger partial charge in [-0.3, -0.25) is 0 Å². The van der Waals surface area contributed by atoms with Crippen LogP contribution in [0.4, 0.5) is 0 Å². The van der Waals surface area contributed by atoms with Gasteiger partial charge in [-0.25, -0.2) is 4.98 Å². The first-order valence-electron chi connectivity index (χ1n) is 4.44. The zero-order chi connectivity index (χ0) is 10.1. The lowest BCUT2D eigenvalue weighted by Crippen LogP contribution is -1.93. The summed E-state index contributed by atoms with van der Waals surface area (Å²) in [5, 5.41) is 1.16. The summed E-state index contributed by atoms with van der Waals surface area (Å²) in [6.45, 7) is 3.06. The summed E-state index contributed by atoms with van der Waals surface area (Å²) >= 11 is 2.32. The molecule has 4 heteroatoms. The molecule has 2 aromatic rings. The third-order valence-electron chi connectivity index (χ3n) is 2.22. The number of nitrogens with zero attached hydrogens (tertiary/aromatic N) is 2. The number of pyridine rings is 1. The molecular formula is C10H11IN2O. The van der Waals surface area contributed by atoms with E-state index in [1.165, 1.54) is 3.57 Å². The Kier molecular flexibility index (Phi) is 2.62. The van der Waals surface area contributed by atoms with Gasteiger partial charge in [0, 0.05) is 21.7 Å². The second-order valence-electron chi connectivity index (χ2n) is 3.01. The molecule has 14 heavy (non-hydrogen) atoms. The SMILES string of the molecule is CCn1cc(I)c2cc(OC)cnc21. The average molecular weight is 302 g/mol. The molecule has 2 aromatic heterocycles. The quantitative estimate of drug-likeness (QED) is 0.798. The Morgan fingerprint density at radius 1 is 1.57 bits per heavy atom. The van der Waals surface area contributed by atoms with Crippen LogP contribution in [0.2, 0.25) is 0 Å². The molecule has 2 rings (SSSR count). The Hall–Kier alpha value is -0.780. The average Bonchev–Trinajstić information content (AvgIpc) is 2.55. The second-order valence-corrected chi connectivity index (χ2v) is 4.17. The van der Waals surface area contributed by atoms with Crippen LogP contribution in [0.25, 0.3) is 11.0 Å². The first kappa shape index (κ1) is 9.76. The number of aryl methyl sites for hydroxylation is 1. The molecule has 0 radical (unpaired) electrons. The Morgan fingerprint density at radius 3 is 3.00 bits per heavy atom. The molecule has 0 aromatic carbocycles. The Bertz CT molecular complexity index is 464. The number of hydrogen-bond acceptors (Lipinski definition) is 2. The summed E-state index contributed by atoms with van der Waals surface area (Å²) in [6.07, 6.45) is 3.86. The number of aromatic nitrogens is 2. The van der Waals surface area contributed by atoms with Crippen molar-refractivity contribution in [2.45, 2.75) is 13.5 Å². The fourth-order valence-corrected chi connectivity index (χ4v) is 2.20. The van der Waals surface area contributed by atoms with E-state index in [2.05, 4.69) is 45.3 Å². The van der Waals surface area contributed by atoms with Gasteiger partial charge in [-0.1, -0.05) is 0 Å². The van der Waals surface area contributed by atoms with E-state index in [1.807, 2.05) is 6.07 Å². The van der Waals surface area contributed by atoms with Gasteiger partial charge in [0.2, 0.25) is 0 Å². The molecule has 0 atom stereocenters. The molecule has 0 saturated carbocycles. The number of hydrogen-bond donors (Lipinski definition) is 0. The van der Waals surface area contributed by atoms with E-state index in [4.69, 9.17) is 4.74 Å². The summed E-state index contributed by atoms with van der Waals surface area (Å²) in [5.41, 5.74) is 1.03. The highest BCUT2D eigenvalue weighted by molar-refractivity contribution is 14.1. The van der Waals surface area contributed by atoms with Crippen molar-refractivity contribution in [2.24, 2.45) is 0 Å². The fourth-order valence-electron chi connectivity index (χ4n) is 1.46. The van der Waals surface area contributed by atoms with Crippen LogP contribution in [0.15, 0.2) is 18.5 Å². The molecule has 0 aliphatic heterocycles. The highest BCUT2D eigenvalue weighted by Gasteiger charge is 2.07. The summed E-state index contributed by atoms with van der Waals surface area (Å²) in [4.78, 5) is 4.38. The molecule has 0 amide bonds. The lowest BCUT2D eigenvalue weighted by molar-refractivity contribution is 0.413. The van der Waals surface area contributed by atoms with Crippen molar-refractivity contribution in [3.63, 3.8) is 0 Å². The Labute approximate surface area is 96.2 Å². The minimum absolute atomic E-state index is 0.810. The summed E-state index contributed by atoms with van der Waals surface area (Å²) < 4.78 is 8.49. The van der Waals surface area contributed by atoms with Gasteiger partial charge in [0.15, 0.2) is 0 Å². The van der Waals surface area contributed by atoms with Crippen LogP contribution in [-0.2, 0) is 6.54 Å². The van der Waals surface area contributed by atoms with Crippen molar-refractivity contribution in [2.75, 3.05) is 7.11 Å². The van der Waals surface area contributed by atoms with Crippen LogP contribution in [0, 0.1) is 3.57 Å². The van der Waals surface area contributed by atoms with E-state index in [9.17, 15) is 0 Å². The van der Waals surface area contributed by atoms with E-state index in [1.54, 1.807) is 13.3 Å². The van der Waals surface area contributed by atoms with E-state index in [0.717, 1.165) is 23.3 Å². The number of rotatable bonds is 2. The lowest BCUT2D eigenvalue weighted by atomic mass is 10.3. The van der Waals surface area contributed by atoms with Gasteiger partial charge in [-0.05, 0) is 35.6 Å². The van der Waals surface area contributed by atoms with Crippen molar-refractivity contribution in [1.29, 1.82) is 0 Å². The number of halogens is 1. The van der Waals surface area contributed by atoms with E-state index < -0.39 is 0 Å². The van der Waals surface area contributed by atoms with Gasteiger partial charge in [-0.15, -0.1) is 0 Å². The van der Waals surface area contributed by atoms with Crippen molar-refractivity contribution >= 4 is 33.6 Å². The van der Waals surface area contributed by atoms with Crippen molar-refractivity contribution in [1.82, 2.24) is 9.55 Å². The van der Waals surface area contributed by atoms with Gasteiger partial charge in [0.25, 0.3) is 0 Å². The van der Waals surface area contributed by atoms with Crippen LogP contribution >= 0.6 is 22.6 Å². The van der Waals surface area contributed by atoms with Crippen LogP contribution in [0.3, 0.4) is 0 Å². The molecular weight excluding hydrogens is 291 g/mol. The van der Waals surface area contributed by atoms with Crippen LogP contribution in [0.5, 0.6) is 5.75 Å². The van der Waals surface area contributed by atoms with E-state index in [-0.39, 0.29) is 0 Å². The first-order chi connectivity index (χ1) is 6.76. The molecule has 0 bridgehead atoms. The maximum atomic E-state index is 5.15. The standard InChI is InChI=1S/C10H11IN2O/c1-3-13-6-9(11)8-4-7(14-2)5-12-10(8)13/h4-6H,3H2,1-2H3. The van der Waals surface area contributed by atoms with Gasteiger partial charge in [0.1, 0.15) is 11.4 Å². The van der Waals surface area contributed by atoms with Gasteiger partial charge in [-0.2, -0.15) is 0 Å². The van der Waals surface area contributed by atoms with Crippen molar-refractivity contribution in [3.05, 3.63) is 22.0 Å². The topological polar surface area (TPSA) is 27.1 Å². The third kappa shape index (κ3) is 1.47. The van der Waals surface area contributed by atoms with E-state index >= 15 is 0 Å². The van der Waals surface area contributed by atoms with Crippen LogP contribution in [-0.4, -0.2) is 16.7 Å². The highest BCUT2D eigenvalue weighted by atomic mass is 127. The highest BCUT2D eigenvalue weighted by Crippen LogP contribution is 2.24. The largest absolute Gasteiger partial charge is 0.495 e. The molecule has 0 saturated heterocycles. The molecule has 0 spiro atoms. The van der Waals surface area contributed by atoms with E-state index in [0.29, 0.717) is 0 Å². The van der Waals surface area contributed by atoms with Gasteiger partial charge < -0.3 is 9.30 Å². The molecule has 0 aliphatic rings. The number of methoxy groups -OCH3 is 1. The molecule has 0 aliphatic carbocycles. The van der Waals surface area contributed by atoms with Crippen molar-refractivity contribution in [3.8, 4) is 5.75 Å². The molecule has 2 heterocycles. The second kappa shape index (κ2) is 3.76. The Morgan fingerprint density at radius 2 is 2.36 bits per heavy atom. The van der Waals surface area contributed by atoms with Crippen LogP contribution < -0.4 is 4.74 Å². The summed E-state index contributed by atoms with van der Waals surface area (Å²) in [7, 11) is 1.66. The maximum absolute atomic E-state index is 5.15. The molecule has 0 fully saturated rings. The molecule has 3 nitrogen and oxygen atoms in total. The predicted molar refractivity (Wildman–Crippen MR) is 64.7 cm³/mol. The molecule has 0 N–H and O–H groups in total. The smallest absolute Gasteiger partial charge is 0.141 e. The summed E-state index contributed by atoms with van der Waals surface area (Å²) in [6, 6.07) is 2.02. The fraction of sp³-hybridized carbons (Fsp3) is 0.300. The number of fused-ring (bicyclic) bond motifs is 1. The normalized spacial score (nSPS) is 10.8. The Balaban J connectivity index is 2.70. The zero-order valence-corrected chi connectivity index (χ0v) is 10.3. The maximum Gasteiger partial charge on any atom is 0.141 e. The monoisotopic (exact) mass is 302 g/mol.